The lowest BCUT2D eigenvalue weighted by Gasteiger charge is -2.13. The smallest absolute Gasteiger partial charge is 0.133 e. The number of benzene rings is 2. The molecule has 0 radical (unpaired) electrons. The second-order valence-electron chi connectivity index (χ2n) is 4.89. The molecule has 0 spiro atoms. The predicted molar refractivity (Wildman–Crippen MR) is 94.6 cm³/mol. The molecule has 128 valence electrons. The Labute approximate surface area is 142 Å². The van der Waals surface area contributed by atoms with Crippen molar-refractivity contribution < 1.29 is 23.7 Å². The molecule has 24 heavy (non-hydrogen) atoms. The molecular weight excluding hydrogens is 308 g/mol. The quantitative estimate of drug-likeness (QED) is 0.721. The Morgan fingerprint density at radius 2 is 1.12 bits per heavy atom. The minimum atomic E-state index is 0.662. The molecule has 5 heteroatoms. The number of methoxy groups -OCH3 is 5. The summed E-state index contributed by atoms with van der Waals surface area (Å²) in [6.07, 6.45) is 3.85. The fourth-order valence-electron chi connectivity index (χ4n) is 2.33. The van der Waals surface area contributed by atoms with Crippen LogP contribution in [-0.4, -0.2) is 35.5 Å². The van der Waals surface area contributed by atoms with E-state index in [9.17, 15) is 0 Å². The topological polar surface area (TPSA) is 46.2 Å². The van der Waals surface area contributed by atoms with Crippen LogP contribution in [0, 0.1) is 0 Å². The summed E-state index contributed by atoms with van der Waals surface area (Å²) in [5.74, 6) is 3.45. The first-order valence-electron chi connectivity index (χ1n) is 7.37. The van der Waals surface area contributed by atoms with Gasteiger partial charge in [-0.25, -0.2) is 0 Å². The van der Waals surface area contributed by atoms with E-state index >= 15 is 0 Å². The molecule has 0 aliphatic rings. The van der Waals surface area contributed by atoms with Gasteiger partial charge >= 0.3 is 0 Å². The highest BCUT2D eigenvalue weighted by atomic mass is 16.5. The van der Waals surface area contributed by atoms with Gasteiger partial charge in [0.1, 0.15) is 28.7 Å². The molecule has 0 saturated carbocycles. The van der Waals surface area contributed by atoms with Crippen LogP contribution >= 0.6 is 0 Å². The molecule has 0 N–H and O–H groups in total. The summed E-state index contributed by atoms with van der Waals surface area (Å²) < 4.78 is 26.8. The second-order valence-corrected chi connectivity index (χ2v) is 4.89. The highest BCUT2D eigenvalue weighted by Gasteiger charge is 2.11. The molecule has 0 atom stereocenters. The van der Waals surface area contributed by atoms with Crippen molar-refractivity contribution in [2.45, 2.75) is 0 Å². The molecule has 0 aliphatic carbocycles. The second kappa shape index (κ2) is 8.15. The third-order valence-electron chi connectivity index (χ3n) is 3.62. The van der Waals surface area contributed by atoms with Crippen molar-refractivity contribution in [2.75, 3.05) is 35.5 Å². The van der Waals surface area contributed by atoms with E-state index in [0.717, 1.165) is 22.6 Å². The monoisotopic (exact) mass is 330 g/mol. The molecule has 0 unspecified atom stereocenters. The van der Waals surface area contributed by atoms with Gasteiger partial charge in [-0.15, -0.1) is 0 Å². The van der Waals surface area contributed by atoms with E-state index in [4.69, 9.17) is 23.7 Å². The normalized spacial score (nSPS) is 10.5. The summed E-state index contributed by atoms with van der Waals surface area (Å²) in [6.45, 7) is 0. The summed E-state index contributed by atoms with van der Waals surface area (Å²) in [6, 6.07) is 9.27. The molecule has 0 saturated heterocycles. The minimum Gasteiger partial charge on any atom is -0.497 e. The van der Waals surface area contributed by atoms with Gasteiger partial charge in [0.25, 0.3) is 0 Å². The molecule has 0 fully saturated rings. The summed E-state index contributed by atoms with van der Waals surface area (Å²) >= 11 is 0. The van der Waals surface area contributed by atoms with Crippen LogP contribution in [0.1, 0.15) is 11.1 Å². The highest BCUT2D eigenvalue weighted by molar-refractivity contribution is 5.78. The summed E-state index contributed by atoms with van der Waals surface area (Å²) in [4.78, 5) is 0. The zero-order valence-corrected chi connectivity index (χ0v) is 14.6. The lowest BCUT2D eigenvalue weighted by molar-refractivity contribution is 0.374. The predicted octanol–water partition coefficient (Wildman–Crippen LogP) is 3.90. The van der Waals surface area contributed by atoms with Crippen LogP contribution in [0.25, 0.3) is 12.2 Å². The van der Waals surface area contributed by atoms with Crippen molar-refractivity contribution in [3.05, 3.63) is 41.5 Å². The van der Waals surface area contributed by atoms with E-state index in [-0.39, 0.29) is 0 Å². The van der Waals surface area contributed by atoms with Crippen molar-refractivity contribution in [1.82, 2.24) is 0 Å². The average Bonchev–Trinajstić information content (AvgIpc) is 2.65. The molecule has 0 aliphatic heterocycles. The van der Waals surface area contributed by atoms with E-state index in [1.54, 1.807) is 35.5 Å². The largest absolute Gasteiger partial charge is 0.497 e. The molecular formula is C19H22O5. The zero-order chi connectivity index (χ0) is 17.5. The van der Waals surface area contributed by atoms with Crippen LogP contribution in [0.4, 0.5) is 0 Å². The highest BCUT2D eigenvalue weighted by Crippen LogP contribution is 2.36. The standard InChI is InChI=1S/C19H22O5/c1-20-14-8-6-13(17(10-14)22-3)7-9-16-18(23-4)11-15(21-2)12-19(16)24-5/h6-12H,1-5H3/b9-7+. The molecule has 5 nitrogen and oxygen atoms in total. The first-order valence-corrected chi connectivity index (χ1v) is 7.37. The van der Waals surface area contributed by atoms with E-state index in [0.29, 0.717) is 17.2 Å². The Morgan fingerprint density at radius 3 is 1.62 bits per heavy atom. The average molecular weight is 330 g/mol. The van der Waals surface area contributed by atoms with Crippen molar-refractivity contribution in [3.8, 4) is 28.7 Å². The Morgan fingerprint density at radius 1 is 0.583 bits per heavy atom. The number of ether oxygens (including phenoxy) is 5. The van der Waals surface area contributed by atoms with Gasteiger partial charge in [0.05, 0.1) is 41.1 Å². The first-order chi connectivity index (χ1) is 11.7. The van der Waals surface area contributed by atoms with Crippen molar-refractivity contribution in [1.29, 1.82) is 0 Å². The molecule has 2 rings (SSSR count). The molecule has 2 aromatic rings. The summed E-state index contributed by atoms with van der Waals surface area (Å²) in [5.41, 5.74) is 1.73. The van der Waals surface area contributed by atoms with Crippen LogP contribution in [0.15, 0.2) is 30.3 Å². The van der Waals surface area contributed by atoms with Crippen molar-refractivity contribution in [2.24, 2.45) is 0 Å². The zero-order valence-electron chi connectivity index (χ0n) is 14.6. The first kappa shape index (κ1) is 17.5. The van der Waals surface area contributed by atoms with Crippen LogP contribution in [0.3, 0.4) is 0 Å². The summed E-state index contributed by atoms with van der Waals surface area (Å²) in [7, 11) is 8.07. The van der Waals surface area contributed by atoms with E-state index in [2.05, 4.69) is 0 Å². The summed E-state index contributed by atoms with van der Waals surface area (Å²) in [5, 5.41) is 0. The van der Waals surface area contributed by atoms with E-state index in [1.165, 1.54) is 0 Å². The lowest BCUT2D eigenvalue weighted by Crippen LogP contribution is -1.95. The van der Waals surface area contributed by atoms with Gasteiger partial charge in [-0.3, -0.25) is 0 Å². The van der Waals surface area contributed by atoms with Gasteiger partial charge in [0.2, 0.25) is 0 Å². The van der Waals surface area contributed by atoms with Gasteiger partial charge in [-0.1, -0.05) is 6.08 Å². The maximum Gasteiger partial charge on any atom is 0.133 e. The van der Waals surface area contributed by atoms with Crippen molar-refractivity contribution >= 4 is 12.2 Å². The van der Waals surface area contributed by atoms with Gasteiger partial charge in [0, 0.05) is 23.8 Å². The lowest BCUT2D eigenvalue weighted by atomic mass is 10.1. The van der Waals surface area contributed by atoms with Crippen LogP contribution in [0.5, 0.6) is 28.7 Å². The van der Waals surface area contributed by atoms with Crippen molar-refractivity contribution in [3.63, 3.8) is 0 Å². The third kappa shape index (κ3) is 3.74. The SMILES string of the molecule is COc1ccc(/C=C/c2c(OC)cc(OC)cc2OC)c(OC)c1. The van der Waals surface area contributed by atoms with Gasteiger partial charge < -0.3 is 23.7 Å². The molecule has 0 bridgehead atoms. The Kier molecular flexibility index (Phi) is 5.95. The van der Waals surface area contributed by atoms with Crippen LogP contribution in [-0.2, 0) is 0 Å². The number of rotatable bonds is 7. The van der Waals surface area contributed by atoms with E-state index in [1.807, 2.05) is 42.5 Å². The molecule has 0 heterocycles. The molecule has 0 amide bonds. The molecule has 2 aromatic carbocycles. The Bertz CT molecular complexity index is 697. The minimum absolute atomic E-state index is 0.662. The van der Waals surface area contributed by atoms with Gasteiger partial charge in [-0.05, 0) is 18.2 Å². The number of hydrogen-bond donors (Lipinski definition) is 0. The van der Waals surface area contributed by atoms with Crippen LogP contribution in [0.2, 0.25) is 0 Å². The van der Waals surface area contributed by atoms with Gasteiger partial charge in [0.15, 0.2) is 0 Å². The van der Waals surface area contributed by atoms with E-state index < -0.39 is 0 Å². The fourth-order valence-corrected chi connectivity index (χ4v) is 2.33. The van der Waals surface area contributed by atoms with Gasteiger partial charge in [-0.2, -0.15) is 0 Å². The number of hydrogen-bond acceptors (Lipinski definition) is 5. The maximum absolute atomic E-state index is 5.45. The Balaban J connectivity index is 2.45. The molecule has 0 aromatic heterocycles. The van der Waals surface area contributed by atoms with Crippen LogP contribution < -0.4 is 23.7 Å². The maximum atomic E-state index is 5.45. The fraction of sp³-hybridized carbons (Fsp3) is 0.263. The Hall–Kier alpha value is -2.82. The third-order valence-corrected chi connectivity index (χ3v) is 3.62.